The number of hydrogen-bond acceptors (Lipinski definition) is 9. The molecule has 4 fully saturated rings. The lowest BCUT2D eigenvalue weighted by Gasteiger charge is -2.34. The monoisotopic (exact) mass is 733 g/mol. The SMILES string of the molecule is CC=C(C)C(=O)CC[C@H](NC(=O)[C@@H](NC(=O)c1cnccn1)C1CCCCC1)C(=O)N1C[C@@H]2CCC[C@@H]2C1C(=O)N[C@@H](CCC)C(=O)C(=O)NC1CC1. The van der Waals surface area contributed by atoms with E-state index < -0.39 is 59.5 Å². The summed E-state index contributed by atoms with van der Waals surface area (Å²) in [5.41, 5.74) is 0.590. The van der Waals surface area contributed by atoms with Crippen LogP contribution in [-0.2, 0) is 28.8 Å². The van der Waals surface area contributed by atoms with Gasteiger partial charge in [-0.2, -0.15) is 0 Å². The summed E-state index contributed by atoms with van der Waals surface area (Å²) in [5, 5.41) is 11.3. The molecule has 1 saturated heterocycles. The summed E-state index contributed by atoms with van der Waals surface area (Å²) in [4.78, 5) is 105. The van der Waals surface area contributed by atoms with E-state index in [-0.39, 0.29) is 54.5 Å². The van der Waals surface area contributed by atoms with Crippen LogP contribution in [0.15, 0.2) is 30.2 Å². The number of likely N-dealkylation sites (tertiary alicyclic amines) is 1. The number of carbonyl (C=O) groups is 7. The van der Waals surface area contributed by atoms with Gasteiger partial charge in [0.1, 0.15) is 23.8 Å². The zero-order chi connectivity index (χ0) is 38.1. The van der Waals surface area contributed by atoms with Crippen LogP contribution >= 0.6 is 0 Å². The standard InChI is InChI=1S/C39H55N7O7/c1-4-10-28(34(48)38(52)42-26-15-16-26)43-37(51)33-27-14-9-13-25(27)22-46(33)39(53)29(17-18-31(47)23(3)5-2)44-36(50)32(24-11-7-6-8-12-24)45-35(49)30-21-40-19-20-41-30/h5,19-21,24-29,32-33H,4,6-18,22H2,1-3H3,(H,42,52)(H,43,51)(H,44,50)(H,45,49)/t25-,27-,28-,29-,32-,33?/m0/s1. The molecule has 0 bridgehead atoms. The van der Waals surface area contributed by atoms with Gasteiger partial charge >= 0.3 is 0 Å². The number of nitrogens with one attached hydrogen (secondary N) is 4. The lowest BCUT2D eigenvalue weighted by atomic mass is 9.83. The van der Waals surface area contributed by atoms with Crippen LogP contribution in [0.4, 0.5) is 0 Å². The zero-order valence-corrected chi connectivity index (χ0v) is 31.2. The second-order valence-electron chi connectivity index (χ2n) is 15.2. The van der Waals surface area contributed by atoms with Crippen LogP contribution in [0.5, 0.6) is 0 Å². The molecule has 0 radical (unpaired) electrons. The molecule has 14 heteroatoms. The molecule has 288 valence electrons. The number of rotatable bonds is 17. The minimum Gasteiger partial charge on any atom is -0.347 e. The highest BCUT2D eigenvalue weighted by atomic mass is 16.2. The normalized spacial score (nSPS) is 23.3. The fourth-order valence-corrected chi connectivity index (χ4v) is 8.17. The second-order valence-corrected chi connectivity index (χ2v) is 15.2. The van der Waals surface area contributed by atoms with Crippen molar-refractivity contribution in [1.29, 1.82) is 0 Å². The van der Waals surface area contributed by atoms with Crippen molar-refractivity contribution in [3.05, 3.63) is 35.9 Å². The lowest BCUT2D eigenvalue weighted by Crippen LogP contribution is -2.59. The first-order valence-corrected chi connectivity index (χ1v) is 19.5. The van der Waals surface area contributed by atoms with Crippen molar-refractivity contribution in [1.82, 2.24) is 36.1 Å². The van der Waals surface area contributed by atoms with Crippen LogP contribution in [0.1, 0.15) is 121 Å². The highest BCUT2D eigenvalue weighted by molar-refractivity contribution is 6.38. The molecular formula is C39H55N7O7. The highest BCUT2D eigenvalue weighted by Gasteiger charge is 2.51. The van der Waals surface area contributed by atoms with E-state index in [0.717, 1.165) is 51.4 Å². The number of Topliss-reactive ketones (excluding diaryl/α,β-unsaturated/α-hetero) is 2. The summed E-state index contributed by atoms with van der Waals surface area (Å²) in [6, 6.07) is -4.09. The first-order chi connectivity index (χ1) is 25.5. The lowest BCUT2D eigenvalue weighted by molar-refractivity contribution is -0.144. The molecule has 1 aromatic rings. The molecule has 2 heterocycles. The van der Waals surface area contributed by atoms with E-state index in [0.29, 0.717) is 31.4 Å². The van der Waals surface area contributed by atoms with Gasteiger partial charge in [0.25, 0.3) is 11.8 Å². The number of aromatic nitrogens is 2. The van der Waals surface area contributed by atoms with E-state index in [1.807, 2.05) is 6.92 Å². The number of fused-ring (bicyclic) bond motifs is 1. The van der Waals surface area contributed by atoms with Gasteiger partial charge in [-0.1, -0.05) is 45.1 Å². The molecule has 53 heavy (non-hydrogen) atoms. The molecule has 4 N–H and O–H groups in total. The van der Waals surface area contributed by atoms with Gasteiger partial charge in [-0.3, -0.25) is 38.5 Å². The summed E-state index contributed by atoms with van der Waals surface area (Å²) < 4.78 is 0. The Hall–Kier alpha value is -4.49. The zero-order valence-electron chi connectivity index (χ0n) is 31.2. The van der Waals surface area contributed by atoms with Crippen molar-refractivity contribution in [2.45, 2.75) is 141 Å². The molecule has 5 rings (SSSR count). The Morgan fingerprint density at radius 1 is 0.887 bits per heavy atom. The van der Waals surface area contributed by atoms with Crippen LogP contribution in [0.25, 0.3) is 0 Å². The van der Waals surface area contributed by atoms with Gasteiger partial charge in [0.05, 0.1) is 12.2 Å². The fourth-order valence-electron chi connectivity index (χ4n) is 8.17. The molecule has 14 nitrogen and oxygen atoms in total. The van der Waals surface area contributed by atoms with Gasteiger partial charge < -0.3 is 26.2 Å². The van der Waals surface area contributed by atoms with Crippen molar-refractivity contribution in [2.24, 2.45) is 17.8 Å². The number of nitrogens with zero attached hydrogens (tertiary/aromatic N) is 3. The molecule has 6 atom stereocenters. The van der Waals surface area contributed by atoms with Crippen molar-refractivity contribution in [2.75, 3.05) is 6.54 Å². The third-order valence-electron chi connectivity index (χ3n) is 11.4. The minimum atomic E-state index is -1.16. The third-order valence-corrected chi connectivity index (χ3v) is 11.4. The number of carbonyl (C=O) groups excluding carboxylic acids is 7. The Balaban J connectivity index is 1.39. The molecule has 3 saturated carbocycles. The quantitative estimate of drug-likeness (QED) is 0.137. The predicted octanol–water partition coefficient (Wildman–Crippen LogP) is 2.72. The smallest absolute Gasteiger partial charge is 0.289 e. The molecule has 5 amide bonds. The highest BCUT2D eigenvalue weighted by Crippen LogP contribution is 2.43. The van der Waals surface area contributed by atoms with Gasteiger partial charge in [-0.05, 0) is 88.5 Å². The molecule has 0 aromatic carbocycles. The van der Waals surface area contributed by atoms with E-state index in [1.54, 1.807) is 19.9 Å². The van der Waals surface area contributed by atoms with Crippen molar-refractivity contribution < 1.29 is 33.6 Å². The predicted molar refractivity (Wildman–Crippen MR) is 195 cm³/mol. The molecule has 1 aliphatic heterocycles. The Morgan fingerprint density at radius 3 is 2.30 bits per heavy atom. The van der Waals surface area contributed by atoms with E-state index in [9.17, 15) is 33.6 Å². The molecule has 1 unspecified atom stereocenters. The van der Waals surface area contributed by atoms with Crippen LogP contribution in [0.3, 0.4) is 0 Å². The van der Waals surface area contributed by atoms with Crippen LogP contribution in [0.2, 0.25) is 0 Å². The molecule has 3 aliphatic carbocycles. The van der Waals surface area contributed by atoms with Gasteiger partial charge in [0.15, 0.2) is 5.78 Å². The first kappa shape index (κ1) is 39.7. The van der Waals surface area contributed by atoms with E-state index in [4.69, 9.17) is 0 Å². The summed E-state index contributed by atoms with van der Waals surface area (Å²) in [5.74, 6) is -3.96. The minimum absolute atomic E-state index is 0.0114. The van der Waals surface area contributed by atoms with Crippen molar-refractivity contribution in [3.8, 4) is 0 Å². The number of hydrogen-bond donors (Lipinski definition) is 4. The fraction of sp³-hybridized carbons (Fsp3) is 0.667. The van der Waals surface area contributed by atoms with Gasteiger partial charge in [0.2, 0.25) is 23.5 Å². The topological polar surface area (TPSA) is 197 Å². The Morgan fingerprint density at radius 2 is 1.64 bits per heavy atom. The Labute approximate surface area is 311 Å². The van der Waals surface area contributed by atoms with E-state index in [2.05, 4.69) is 31.2 Å². The average Bonchev–Trinajstić information content (AvgIpc) is 3.74. The number of amides is 5. The molecule has 4 aliphatic rings. The second kappa shape index (κ2) is 18.5. The Kier molecular flexibility index (Phi) is 13.9. The van der Waals surface area contributed by atoms with Crippen molar-refractivity contribution >= 4 is 41.1 Å². The Bertz CT molecular complexity index is 1560. The van der Waals surface area contributed by atoms with E-state index >= 15 is 0 Å². The molecule has 0 spiro atoms. The maximum absolute atomic E-state index is 14.7. The van der Waals surface area contributed by atoms with Crippen LogP contribution in [0, 0.1) is 17.8 Å². The van der Waals surface area contributed by atoms with Crippen LogP contribution in [-0.4, -0.2) is 92.7 Å². The van der Waals surface area contributed by atoms with E-state index in [1.165, 1.54) is 23.5 Å². The summed E-state index contributed by atoms with van der Waals surface area (Å²) in [6.45, 7) is 5.61. The maximum atomic E-state index is 14.7. The summed E-state index contributed by atoms with van der Waals surface area (Å²) in [6.07, 6.45) is 15.0. The largest absolute Gasteiger partial charge is 0.347 e. The summed E-state index contributed by atoms with van der Waals surface area (Å²) in [7, 11) is 0. The summed E-state index contributed by atoms with van der Waals surface area (Å²) >= 11 is 0. The van der Waals surface area contributed by atoms with Gasteiger partial charge in [-0.15, -0.1) is 0 Å². The number of allylic oxidation sites excluding steroid dienone is 2. The maximum Gasteiger partial charge on any atom is 0.289 e. The third kappa shape index (κ3) is 10.1. The van der Waals surface area contributed by atoms with Gasteiger partial charge in [-0.25, -0.2) is 4.98 Å². The first-order valence-electron chi connectivity index (χ1n) is 19.5. The van der Waals surface area contributed by atoms with Crippen LogP contribution < -0.4 is 21.3 Å². The molecular weight excluding hydrogens is 678 g/mol. The van der Waals surface area contributed by atoms with Gasteiger partial charge in [0, 0.05) is 31.4 Å². The molecule has 1 aromatic heterocycles. The van der Waals surface area contributed by atoms with Crippen molar-refractivity contribution in [3.63, 3.8) is 0 Å². The average molecular weight is 734 g/mol. The number of ketones is 2.